The largest absolute Gasteiger partial charge is 0.433 e. The molecule has 2 aliphatic heterocycles. The van der Waals surface area contributed by atoms with E-state index in [1.165, 1.54) is 0 Å². The summed E-state index contributed by atoms with van der Waals surface area (Å²) in [5, 5.41) is 0. The van der Waals surface area contributed by atoms with Gasteiger partial charge in [-0.25, -0.2) is 9.97 Å². The van der Waals surface area contributed by atoms with Crippen molar-refractivity contribution < 1.29 is 13.2 Å². The first kappa shape index (κ1) is 24.1. The molecule has 2 aromatic heterocycles. The highest BCUT2D eigenvalue weighted by Crippen LogP contribution is 2.27. The molecule has 4 atom stereocenters. The fourth-order valence-corrected chi connectivity index (χ4v) is 4.07. The van der Waals surface area contributed by atoms with Crippen LogP contribution in [0.2, 0.25) is 0 Å². The van der Waals surface area contributed by atoms with Crippen LogP contribution >= 0.6 is 0 Å². The smallest absolute Gasteiger partial charge is 0.338 e. The molecule has 0 saturated carbocycles. The van der Waals surface area contributed by atoms with Crippen molar-refractivity contribution >= 4 is 23.8 Å². The molecule has 186 valence electrons. The Balaban J connectivity index is 1.60. The molecule has 0 radical (unpaired) electrons. The first-order chi connectivity index (χ1) is 16.1. The zero-order valence-corrected chi connectivity index (χ0v) is 18.3. The Morgan fingerprint density at radius 1 is 0.735 bits per heavy atom. The van der Waals surface area contributed by atoms with E-state index < -0.39 is 11.9 Å². The van der Waals surface area contributed by atoms with Gasteiger partial charge in [0.15, 0.2) is 0 Å². The van der Waals surface area contributed by atoms with E-state index in [0.29, 0.717) is 50.9 Å². The Kier molecular flexibility index (Phi) is 6.83. The summed E-state index contributed by atoms with van der Waals surface area (Å²) in [7, 11) is 0. The van der Waals surface area contributed by atoms with Crippen molar-refractivity contribution in [3.8, 4) is 0 Å². The van der Waals surface area contributed by atoms with Gasteiger partial charge in [-0.05, 0) is 18.9 Å². The number of rotatable bonds is 5. The standard InChI is InChI=1S/C18H28F3N13/c19-18(20,21)13-1-2-26-14(27-13)31-32-15-28-16(33-5-9(22)3-10(23)6-33)30-17(29-15)34-7-11(24)4-12(25)8-34/h1-2,9-12H,3-8,22-25H2,(H,26,27,31)(H,28,29,30,32). The molecule has 4 rings (SSSR count). The summed E-state index contributed by atoms with van der Waals surface area (Å²) < 4.78 is 38.9. The molecule has 0 amide bonds. The van der Waals surface area contributed by atoms with E-state index in [0.717, 1.165) is 12.3 Å². The Hall–Kier alpha value is -3.08. The fraction of sp³-hybridized carbons (Fsp3) is 0.611. The monoisotopic (exact) mass is 483 g/mol. The third-order valence-corrected chi connectivity index (χ3v) is 5.44. The molecule has 13 nitrogen and oxygen atoms in total. The summed E-state index contributed by atoms with van der Waals surface area (Å²) in [6.45, 7) is 1.94. The van der Waals surface area contributed by atoms with Gasteiger partial charge in [-0.1, -0.05) is 0 Å². The number of hydrogen-bond donors (Lipinski definition) is 6. The van der Waals surface area contributed by atoms with Gasteiger partial charge < -0.3 is 32.7 Å². The van der Waals surface area contributed by atoms with Crippen LogP contribution in [0.25, 0.3) is 0 Å². The molecule has 2 aliphatic rings. The highest BCUT2D eigenvalue weighted by atomic mass is 19.4. The van der Waals surface area contributed by atoms with Crippen molar-refractivity contribution in [2.45, 2.75) is 43.2 Å². The zero-order valence-electron chi connectivity index (χ0n) is 18.3. The van der Waals surface area contributed by atoms with E-state index in [1.807, 2.05) is 9.80 Å². The first-order valence-corrected chi connectivity index (χ1v) is 10.8. The van der Waals surface area contributed by atoms with Crippen molar-refractivity contribution in [1.82, 2.24) is 24.9 Å². The van der Waals surface area contributed by atoms with Gasteiger partial charge in [-0.2, -0.15) is 28.1 Å². The Bertz CT molecular complexity index is 926. The van der Waals surface area contributed by atoms with E-state index in [2.05, 4.69) is 35.8 Å². The number of alkyl halides is 3. The highest BCUT2D eigenvalue weighted by molar-refractivity contribution is 5.48. The molecule has 0 spiro atoms. The third kappa shape index (κ3) is 5.88. The molecule has 2 saturated heterocycles. The van der Waals surface area contributed by atoms with E-state index >= 15 is 0 Å². The second-order valence-electron chi connectivity index (χ2n) is 8.59. The van der Waals surface area contributed by atoms with Crippen molar-refractivity contribution in [2.24, 2.45) is 22.9 Å². The van der Waals surface area contributed by atoms with Crippen LogP contribution < -0.4 is 43.6 Å². The summed E-state index contributed by atoms with van der Waals surface area (Å²) in [6.07, 6.45) is -2.27. The van der Waals surface area contributed by atoms with Crippen LogP contribution in [-0.2, 0) is 6.18 Å². The van der Waals surface area contributed by atoms with Crippen molar-refractivity contribution in [1.29, 1.82) is 0 Å². The fourth-order valence-electron chi connectivity index (χ4n) is 4.07. The van der Waals surface area contributed by atoms with Crippen molar-refractivity contribution in [3.05, 3.63) is 18.0 Å². The lowest BCUT2D eigenvalue weighted by atomic mass is 10.0. The van der Waals surface area contributed by atoms with Gasteiger partial charge in [0.25, 0.3) is 0 Å². The lowest BCUT2D eigenvalue weighted by molar-refractivity contribution is -0.141. The minimum Gasteiger partial charge on any atom is -0.338 e. The van der Waals surface area contributed by atoms with Gasteiger partial charge in [0.1, 0.15) is 5.69 Å². The molecule has 0 aliphatic carbocycles. The minimum atomic E-state index is -4.61. The Morgan fingerprint density at radius 3 is 1.68 bits per heavy atom. The summed E-state index contributed by atoms with van der Waals surface area (Å²) in [6, 6.07) is 0.140. The first-order valence-electron chi connectivity index (χ1n) is 10.8. The SMILES string of the molecule is NC1CC(N)CN(c2nc(NNc3nccc(C(F)(F)F)n3)nc(N3CC(N)CC(N)C3)n2)C1. The van der Waals surface area contributed by atoms with Gasteiger partial charge in [-0.3, -0.25) is 10.9 Å². The topological polar surface area (TPSA) is 199 Å². The van der Waals surface area contributed by atoms with Crippen molar-refractivity contribution in [2.75, 3.05) is 46.8 Å². The molecule has 4 unspecified atom stereocenters. The average Bonchev–Trinajstić information content (AvgIpc) is 2.76. The lowest BCUT2D eigenvalue weighted by Gasteiger charge is -2.36. The van der Waals surface area contributed by atoms with Gasteiger partial charge in [-0.15, -0.1) is 0 Å². The number of hydrogen-bond acceptors (Lipinski definition) is 13. The maximum absolute atomic E-state index is 13.0. The summed E-state index contributed by atoms with van der Waals surface area (Å²) >= 11 is 0. The number of nitrogens with two attached hydrogens (primary N) is 4. The van der Waals surface area contributed by atoms with Crippen LogP contribution in [0.3, 0.4) is 0 Å². The number of nitrogens with zero attached hydrogens (tertiary/aromatic N) is 7. The van der Waals surface area contributed by atoms with Gasteiger partial charge >= 0.3 is 6.18 Å². The Morgan fingerprint density at radius 2 is 1.21 bits per heavy atom. The average molecular weight is 484 g/mol. The predicted molar refractivity (Wildman–Crippen MR) is 120 cm³/mol. The maximum atomic E-state index is 13.0. The summed E-state index contributed by atoms with van der Waals surface area (Å²) in [5.74, 6) is 0.374. The van der Waals surface area contributed by atoms with Crippen LogP contribution in [0.4, 0.5) is 37.0 Å². The van der Waals surface area contributed by atoms with Gasteiger partial charge in [0, 0.05) is 56.5 Å². The maximum Gasteiger partial charge on any atom is 0.433 e. The molecule has 16 heteroatoms. The Labute approximate surface area is 193 Å². The summed E-state index contributed by atoms with van der Waals surface area (Å²) in [5.41, 5.74) is 28.6. The van der Waals surface area contributed by atoms with Crippen molar-refractivity contribution in [3.63, 3.8) is 0 Å². The number of piperidine rings is 2. The molecular weight excluding hydrogens is 455 g/mol. The molecule has 4 heterocycles. The van der Waals surface area contributed by atoms with E-state index in [4.69, 9.17) is 22.9 Å². The predicted octanol–water partition coefficient (Wildman–Crippen LogP) is -1.15. The number of aromatic nitrogens is 5. The van der Waals surface area contributed by atoms with Crippen LogP contribution in [-0.4, -0.2) is 75.3 Å². The van der Waals surface area contributed by atoms with Gasteiger partial charge in [0.05, 0.1) is 0 Å². The van der Waals surface area contributed by atoms with Crippen LogP contribution in [0, 0.1) is 0 Å². The van der Waals surface area contributed by atoms with Crippen LogP contribution in [0.15, 0.2) is 12.3 Å². The molecule has 34 heavy (non-hydrogen) atoms. The zero-order chi connectivity index (χ0) is 24.5. The second-order valence-corrected chi connectivity index (χ2v) is 8.59. The van der Waals surface area contributed by atoms with Crippen LogP contribution in [0.5, 0.6) is 0 Å². The number of hydrazine groups is 1. The third-order valence-electron chi connectivity index (χ3n) is 5.44. The molecule has 0 bridgehead atoms. The second kappa shape index (κ2) is 9.65. The molecule has 2 fully saturated rings. The lowest BCUT2D eigenvalue weighted by Crippen LogP contribution is -2.54. The number of halogens is 3. The van der Waals surface area contributed by atoms with E-state index in [1.54, 1.807) is 0 Å². The van der Waals surface area contributed by atoms with Gasteiger partial charge in [0.2, 0.25) is 23.8 Å². The normalized spacial score (nSPS) is 25.9. The van der Waals surface area contributed by atoms with Crippen LogP contribution in [0.1, 0.15) is 18.5 Å². The molecule has 2 aromatic rings. The molecule has 10 N–H and O–H groups in total. The van der Waals surface area contributed by atoms with E-state index in [-0.39, 0.29) is 36.1 Å². The quantitative estimate of drug-likeness (QED) is 0.279. The number of anilines is 4. The molecule has 0 aromatic carbocycles. The minimum absolute atomic E-state index is 0.0430. The van der Waals surface area contributed by atoms with E-state index in [9.17, 15) is 13.2 Å². The molecular formula is C18H28F3N13. The number of nitrogens with one attached hydrogen (secondary N) is 2. The summed E-state index contributed by atoms with van der Waals surface area (Å²) in [4.78, 5) is 24.3. The highest BCUT2D eigenvalue weighted by Gasteiger charge is 2.33.